The van der Waals surface area contributed by atoms with Crippen LogP contribution in [0.25, 0.3) is 11.5 Å². The topological polar surface area (TPSA) is 125 Å². The third-order valence-corrected chi connectivity index (χ3v) is 8.73. The Labute approximate surface area is 196 Å². The Hall–Kier alpha value is -2.79. The normalized spacial score (nSPS) is 20.3. The Morgan fingerprint density at radius 1 is 1.21 bits per heavy atom. The summed E-state index contributed by atoms with van der Waals surface area (Å²) in [7, 11) is -2.28. The van der Waals surface area contributed by atoms with Crippen LogP contribution >= 0.6 is 11.6 Å². The van der Waals surface area contributed by atoms with Crippen molar-refractivity contribution < 1.29 is 13.2 Å². The molecule has 1 spiro atoms. The van der Waals surface area contributed by atoms with Gasteiger partial charge in [-0.15, -0.1) is 10.2 Å². The molecule has 3 heterocycles. The van der Waals surface area contributed by atoms with E-state index in [0.717, 1.165) is 19.3 Å². The van der Waals surface area contributed by atoms with Crippen molar-refractivity contribution in [2.24, 2.45) is 5.41 Å². The molecule has 0 bridgehead atoms. The Balaban J connectivity index is 1.46. The minimum Gasteiger partial charge on any atom is -0.481 e. The highest BCUT2D eigenvalue weighted by Crippen LogP contribution is 2.73. The van der Waals surface area contributed by atoms with Crippen LogP contribution < -0.4 is 9.46 Å². The summed E-state index contributed by atoms with van der Waals surface area (Å²) in [5.74, 6) is 1.10. The number of pyridine rings is 1. The fourth-order valence-electron chi connectivity index (χ4n) is 4.13. The first-order valence-electron chi connectivity index (χ1n) is 10.7. The number of hydrogen-bond donors (Lipinski definition) is 1. The predicted octanol–water partition coefficient (Wildman–Crippen LogP) is 3.45. The van der Waals surface area contributed by atoms with Gasteiger partial charge >= 0.3 is 0 Å². The van der Waals surface area contributed by atoms with E-state index in [0.29, 0.717) is 28.2 Å². The Morgan fingerprint density at radius 2 is 1.94 bits per heavy atom. The lowest BCUT2D eigenvalue weighted by Gasteiger charge is -2.20. The molecule has 10 nitrogen and oxygen atoms in total. The summed E-state index contributed by atoms with van der Waals surface area (Å²) in [5.41, 5.74) is 0.803. The molecule has 12 heteroatoms. The van der Waals surface area contributed by atoms with Crippen LogP contribution in [0.15, 0.2) is 30.6 Å². The zero-order valence-electron chi connectivity index (χ0n) is 18.4. The lowest BCUT2D eigenvalue weighted by Crippen LogP contribution is -2.31. The van der Waals surface area contributed by atoms with E-state index in [1.54, 1.807) is 27.0 Å². The second-order valence-corrected chi connectivity index (χ2v) is 11.2. The van der Waals surface area contributed by atoms with E-state index in [1.165, 1.54) is 12.4 Å². The van der Waals surface area contributed by atoms with E-state index in [1.807, 2.05) is 16.7 Å². The molecule has 5 rings (SSSR count). The largest absolute Gasteiger partial charge is 0.481 e. The molecule has 3 atom stereocenters. The van der Waals surface area contributed by atoms with Gasteiger partial charge in [0.1, 0.15) is 11.5 Å². The van der Waals surface area contributed by atoms with E-state index in [4.69, 9.17) is 16.3 Å². The van der Waals surface area contributed by atoms with Crippen molar-refractivity contribution in [3.63, 3.8) is 0 Å². The summed E-state index contributed by atoms with van der Waals surface area (Å²) in [6.45, 7) is 3.39. The molecule has 33 heavy (non-hydrogen) atoms. The molecule has 2 saturated carbocycles. The highest BCUT2D eigenvalue weighted by molar-refractivity contribution is 7.93. The number of nitrogens with one attached hydrogen (secondary N) is 1. The van der Waals surface area contributed by atoms with Crippen LogP contribution in [0.4, 0.5) is 5.95 Å². The van der Waals surface area contributed by atoms with E-state index in [9.17, 15) is 8.42 Å². The SMILES string of the molecule is COc1cccc(-c2nnc(NS(=O)(=O)C(C)C(C)c3ncc(Cl)cn3)n2[C@H]2CC23CC3)n1. The average molecular weight is 490 g/mol. The number of rotatable bonds is 8. The maximum atomic E-state index is 13.3. The van der Waals surface area contributed by atoms with Gasteiger partial charge in [-0.2, -0.15) is 0 Å². The highest BCUT2D eigenvalue weighted by Gasteiger charge is 2.65. The highest BCUT2D eigenvalue weighted by atomic mass is 35.5. The van der Waals surface area contributed by atoms with Crippen molar-refractivity contribution in [1.82, 2.24) is 29.7 Å². The van der Waals surface area contributed by atoms with Crippen LogP contribution in [0.2, 0.25) is 5.02 Å². The van der Waals surface area contributed by atoms with Crippen LogP contribution in [0.5, 0.6) is 5.88 Å². The molecule has 2 fully saturated rings. The number of anilines is 1. The van der Waals surface area contributed by atoms with Crippen molar-refractivity contribution in [3.05, 3.63) is 41.4 Å². The maximum Gasteiger partial charge on any atom is 0.238 e. The number of ether oxygens (including phenoxy) is 1. The van der Waals surface area contributed by atoms with Crippen LogP contribution in [0.3, 0.4) is 0 Å². The smallest absolute Gasteiger partial charge is 0.238 e. The number of nitrogens with zero attached hydrogens (tertiary/aromatic N) is 6. The molecule has 3 aromatic rings. The molecule has 3 aromatic heterocycles. The van der Waals surface area contributed by atoms with E-state index >= 15 is 0 Å². The van der Waals surface area contributed by atoms with Crippen LogP contribution in [0, 0.1) is 5.41 Å². The zero-order valence-corrected chi connectivity index (χ0v) is 20.0. The van der Waals surface area contributed by atoms with Gasteiger partial charge in [0.15, 0.2) is 5.82 Å². The van der Waals surface area contributed by atoms with Crippen molar-refractivity contribution in [1.29, 1.82) is 0 Å². The molecule has 2 aliphatic carbocycles. The third-order valence-electron chi connectivity index (χ3n) is 6.68. The molecule has 2 aliphatic rings. The Morgan fingerprint density at radius 3 is 2.58 bits per heavy atom. The molecule has 0 aromatic carbocycles. The summed E-state index contributed by atoms with van der Waals surface area (Å²) < 4.78 is 36.4. The number of aromatic nitrogens is 6. The Kier molecular flexibility index (Phi) is 5.28. The molecule has 2 unspecified atom stereocenters. The molecule has 0 amide bonds. The summed E-state index contributed by atoms with van der Waals surface area (Å²) in [5, 5.41) is 8.08. The van der Waals surface area contributed by atoms with Crippen LogP contribution in [-0.4, -0.2) is 50.5 Å². The van der Waals surface area contributed by atoms with E-state index in [-0.39, 0.29) is 17.4 Å². The average Bonchev–Trinajstić information content (AvgIpc) is 3.71. The van der Waals surface area contributed by atoms with Gasteiger partial charge in [-0.3, -0.25) is 9.29 Å². The Bertz CT molecular complexity index is 1290. The molecular formula is C21H24ClN7O3S. The second-order valence-electron chi connectivity index (χ2n) is 8.77. The summed E-state index contributed by atoms with van der Waals surface area (Å²) in [4.78, 5) is 12.8. The number of sulfonamides is 1. The lowest BCUT2D eigenvalue weighted by molar-refractivity contribution is 0.398. The second kappa shape index (κ2) is 7.91. The lowest BCUT2D eigenvalue weighted by atomic mass is 10.1. The molecule has 0 aliphatic heterocycles. The van der Waals surface area contributed by atoms with Crippen molar-refractivity contribution in [2.75, 3.05) is 11.8 Å². The summed E-state index contributed by atoms with van der Waals surface area (Å²) >= 11 is 5.86. The van der Waals surface area contributed by atoms with Crippen molar-refractivity contribution in [2.45, 2.75) is 50.3 Å². The fraction of sp³-hybridized carbons (Fsp3) is 0.476. The van der Waals surface area contributed by atoms with Crippen LogP contribution in [0.1, 0.15) is 50.9 Å². The van der Waals surface area contributed by atoms with Gasteiger partial charge in [0, 0.05) is 30.4 Å². The molecular weight excluding hydrogens is 466 g/mol. The molecule has 1 N–H and O–H groups in total. The minimum absolute atomic E-state index is 0.139. The summed E-state index contributed by atoms with van der Waals surface area (Å²) in [6.07, 6.45) is 6.13. The predicted molar refractivity (Wildman–Crippen MR) is 123 cm³/mol. The van der Waals surface area contributed by atoms with Gasteiger partial charge < -0.3 is 4.74 Å². The fourth-order valence-corrected chi connectivity index (χ4v) is 5.47. The first kappa shape index (κ1) is 22.0. The van der Waals surface area contributed by atoms with Crippen LogP contribution in [-0.2, 0) is 10.0 Å². The van der Waals surface area contributed by atoms with Crippen molar-refractivity contribution in [3.8, 4) is 17.4 Å². The van der Waals surface area contributed by atoms with Gasteiger partial charge in [0.05, 0.1) is 17.4 Å². The first-order valence-corrected chi connectivity index (χ1v) is 12.6. The molecule has 174 valence electrons. The number of methoxy groups -OCH3 is 1. The van der Waals surface area contributed by atoms with Gasteiger partial charge in [0.25, 0.3) is 0 Å². The number of hydrogen-bond acceptors (Lipinski definition) is 8. The monoisotopic (exact) mass is 489 g/mol. The van der Waals surface area contributed by atoms with E-state index in [2.05, 4.69) is 29.9 Å². The minimum atomic E-state index is -3.83. The van der Waals surface area contributed by atoms with Crippen molar-refractivity contribution >= 4 is 27.6 Å². The molecule has 0 saturated heterocycles. The van der Waals surface area contributed by atoms with E-state index < -0.39 is 21.2 Å². The first-order chi connectivity index (χ1) is 15.7. The van der Waals surface area contributed by atoms with Gasteiger partial charge in [-0.1, -0.05) is 24.6 Å². The summed E-state index contributed by atoms with van der Waals surface area (Å²) in [6, 6.07) is 5.52. The maximum absolute atomic E-state index is 13.3. The molecule has 0 radical (unpaired) electrons. The van der Waals surface area contributed by atoms with Gasteiger partial charge in [0.2, 0.25) is 21.9 Å². The number of halogens is 1. The van der Waals surface area contributed by atoms with Gasteiger partial charge in [-0.25, -0.2) is 23.4 Å². The quantitative estimate of drug-likeness (QED) is 0.510. The van der Waals surface area contributed by atoms with Gasteiger partial charge in [-0.05, 0) is 37.7 Å². The standard InChI is InChI=1S/C21H24ClN7O3S/c1-12(18-23-10-14(22)11-24-18)13(2)33(30,31)28-20-27-26-19(15-5-4-6-17(25-15)32-3)29(20)16-9-21(16)7-8-21/h4-6,10-13,16H,7-9H2,1-3H3,(H,27,28)/t12?,13?,16-/m0/s1. The zero-order chi connectivity index (χ0) is 23.4. The third kappa shape index (κ3) is 4.04.